The average Bonchev–Trinajstić information content (AvgIpc) is 2.97. The van der Waals surface area contributed by atoms with Gasteiger partial charge in [0, 0.05) is 10.0 Å². The van der Waals surface area contributed by atoms with Gasteiger partial charge in [-0.05, 0) is 43.7 Å². The minimum Gasteiger partial charge on any atom is -0.460 e. The molecule has 22 heavy (non-hydrogen) atoms. The normalized spacial score (nSPS) is 19.2. The van der Waals surface area contributed by atoms with E-state index in [0.29, 0.717) is 6.54 Å². The minimum absolute atomic E-state index is 0.171. The highest BCUT2D eigenvalue weighted by atomic mass is 79.9. The van der Waals surface area contributed by atoms with Gasteiger partial charge in [-0.2, -0.15) is 0 Å². The predicted molar refractivity (Wildman–Crippen MR) is 89.1 cm³/mol. The Labute approximate surface area is 138 Å². The average molecular weight is 363 g/mol. The van der Waals surface area contributed by atoms with Crippen molar-refractivity contribution in [3.05, 3.63) is 46.6 Å². The molecular formula is C17H19BrN2O2. The number of hydrogen-bond acceptors (Lipinski definition) is 3. The second-order valence-corrected chi connectivity index (χ2v) is 6.57. The van der Waals surface area contributed by atoms with Crippen molar-refractivity contribution < 1.29 is 9.21 Å². The van der Waals surface area contributed by atoms with Crippen LogP contribution < -0.4 is 5.73 Å². The molecule has 1 fully saturated rings. The number of likely N-dealkylation sites (tertiary alicyclic amines) is 1. The topological polar surface area (TPSA) is 59.5 Å². The molecule has 1 aromatic heterocycles. The molecule has 2 heterocycles. The zero-order valence-corrected chi connectivity index (χ0v) is 13.9. The Morgan fingerprint density at radius 2 is 2.00 bits per heavy atom. The minimum atomic E-state index is -0.237. The summed E-state index contributed by atoms with van der Waals surface area (Å²) in [4.78, 5) is 13.7. The Kier molecular flexibility index (Phi) is 4.64. The van der Waals surface area contributed by atoms with Gasteiger partial charge in [-0.25, -0.2) is 0 Å². The van der Waals surface area contributed by atoms with Crippen LogP contribution in [0.5, 0.6) is 0 Å². The van der Waals surface area contributed by atoms with E-state index in [0.717, 1.165) is 47.4 Å². The van der Waals surface area contributed by atoms with E-state index in [2.05, 4.69) is 20.8 Å². The van der Waals surface area contributed by atoms with Crippen molar-refractivity contribution in [3.63, 3.8) is 0 Å². The number of nitrogens with zero attached hydrogens (tertiary/aromatic N) is 1. The smallest absolute Gasteiger partial charge is 0.234 e. The molecular weight excluding hydrogens is 344 g/mol. The number of piperidine rings is 1. The highest BCUT2D eigenvalue weighted by Gasteiger charge is 2.27. The van der Waals surface area contributed by atoms with Crippen LogP contribution in [0.4, 0.5) is 0 Å². The Morgan fingerprint density at radius 1 is 1.23 bits per heavy atom. The number of primary amides is 1. The summed E-state index contributed by atoms with van der Waals surface area (Å²) >= 11 is 3.43. The van der Waals surface area contributed by atoms with Crippen molar-refractivity contribution in [1.82, 2.24) is 4.90 Å². The molecule has 1 atom stereocenters. The van der Waals surface area contributed by atoms with Gasteiger partial charge >= 0.3 is 0 Å². The van der Waals surface area contributed by atoms with Crippen molar-refractivity contribution in [2.45, 2.75) is 31.8 Å². The predicted octanol–water partition coefficient (Wildman–Crippen LogP) is 3.55. The van der Waals surface area contributed by atoms with E-state index >= 15 is 0 Å². The van der Waals surface area contributed by atoms with Crippen LogP contribution in [0, 0.1) is 0 Å². The lowest BCUT2D eigenvalue weighted by molar-refractivity contribution is -0.124. The van der Waals surface area contributed by atoms with Crippen LogP contribution in [0.1, 0.15) is 25.0 Å². The molecule has 0 bridgehead atoms. The van der Waals surface area contributed by atoms with Crippen LogP contribution in [-0.2, 0) is 11.3 Å². The van der Waals surface area contributed by atoms with Gasteiger partial charge in [0.05, 0.1) is 12.6 Å². The summed E-state index contributed by atoms with van der Waals surface area (Å²) in [6.07, 6.45) is 3.01. The number of furan rings is 1. The molecule has 1 saturated heterocycles. The summed E-state index contributed by atoms with van der Waals surface area (Å²) in [6, 6.07) is 11.8. The van der Waals surface area contributed by atoms with Crippen molar-refractivity contribution in [2.24, 2.45) is 5.73 Å². The maximum Gasteiger partial charge on any atom is 0.234 e. The Hall–Kier alpha value is -1.59. The van der Waals surface area contributed by atoms with Crippen molar-refractivity contribution >= 4 is 21.8 Å². The van der Waals surface area contributed by atoms with Crippen molar-refractivity contribution in [1.29, 1.82) is 0 Å². The number of carbonyl (C=O) groups excluding carboxylic acids is 1. The Morgan fingerprint density at radius 3 is 2.73 bits per heavy atom. The second-order valence-electron chi connectivity index (χ2n) is 5.66. The molecule has 116 valence electrons. The Balaban J connectivity index is 1.73. The van der Waals surface area contributed by atoms with Crippen LogP contribution in [-0.4, -0.2) is 23.4 Å². The van der Waals surface area contributed by atoms with Crippen LogP contribution >= 0.6 is 15.9 Å². The summed E-state index contributed by atoms with van der Waals surface area (Å²) in [7, 11) is 0. The van der Waals surface area contributed by atoms with E-state index in [9.17, 15) is 4.79 Å². The maximum atomic E-state index is 11.6. The first-order chi connectivity index (χ1) is 10.6. The SMILES string of the molecule is NC(=O)C1CCCCN1Cc1ccc(-c2ccc(Br)cc2)o1. The fourth-order valence-electron chi connectivity index (χ4n) is 2.93. The largest absolute Gasteiger partial charge is 0.460 e. The van der Waals surface area contributed by atoms with Gasteiger partial charge in [-0.1, -0.05) is 34.5 Å². The lowest BCUT2D eigenvalue weighted by Gasteiger charge is -2.32. The fraction of sp³-hybridized carbons (Fsp3) is 0.353. The van der Waals surface area contributed by atoms with E-state index < -0.39 is 0 Å². The van der Waals surface area contributed by atoms with E-state index in [4.69, 9.17) is 10.2 Å². The molecule has 2 aromatic rings. The fourth-order valence-corrected chi connectivity index (χ4v) is 3.20. The third-order valence-electron chi connectivity index (χ3n) is 4.09. The molecule has 1 aliphatic heterocycles. The van der Waals surface area contributed by atoms with Crippen molar-refractivity contribution in [3.8, 4) is 11.3 Å². The van der Waals surface area contributed by atoms with Crippen LogP contribution in [0.25, 0.3) is 11.3 Å². The molecule has 0 spiro atoms. The molecule has 1 amide bonds. The van der Waals surface area contributed by atoms with E-state index in [-0.39, 0.29) is 11.9 Å². The van der Waals surface area contributed by atoms with Gasteiger partial charge in [0.2, 0.25) is 5.91 Å². The zero-order valence-electron chi connectivity index (χ0n) is 12.3. The molecule has 4 nitrogen and oxygen atoms in total. The maximum absolute atomic E-state index is 11.6. The summed E-state index contributed by atoms with van der Waals surface area (Å²) in [5, 5.41) is 0. The summed E-state index contributed by atoms with van der Waals surface area (Å²) in [6.45, 7) is 1.52. The first kappa shape index (κ1) is 15.3. The molecule has 3 rings (SSSR count). The highest BCUT2D eigenvalue weighted by Crippen LogP contribution is 2.26. The van der Waals surface area contributed by atoms with Gasteiger partial charge < -0.3 is 10.2 Å². The molecule has 0 aliphatic carbocycles. The molecule has 5 heteroatoms. The number of benzene rings is 1. The highest BCUT2D eigenvalue weighted by molar-refractivity contribution is 9.10. The number of rotatable bonds is 4. The molecule has 0 radical (unpaired) electrons. The van der Waals surface area contributed by atoms with E-state index in [1.165, 1.54) is 0 Å². The number of nitrogens with two attached hydrogens (primary N) is 1. The van der Waals surface area contributed by atoms with Gasteiger partial charge in [-0.15, -0.1) is 0 Å². The quantitative estimate of drug-likeness (QED) is 0.904. The molecule has 2 N–H and O–H groups in total. The van der Waals surface area contributed by atoms with Gasteiger partial charge in [0.1, 0.15) is 11.5 Å². The zero-order chi connectivity index (χ0) is 15.5. The first-order valence-corrected chi connectivity index (χ1v) is 8.31. The standard InChI is InChI=1S/C17H19BrN2O2/c18-13-6-4-12(5-7-13)16-9-8-14(22-16)11-20-10-2-1-3-15(20)17(19)21/h4-9,15H,1-3,10-11H2,(H2,19,21). The third kappa shape index (κ3) is 3.42. The van der Waals surface area contributed by atoms with Crippen molar-refractivity contribution in [2.75, 3.05) is 6.54 Å². The molecule has 0 saturated carbocycles. The number of hydrogen-bond donors (Lipinski definition) is 1. The molecule has 1 unspecified atom stereocenters. The molecule has 1 aliphatic rings. The van der Waals surface area contributed by atoms with Gasteiger partial charge in [0.15, 0.2) is 0 Å². The second kappa shape index (κ2) is 6.67. The van der Waals surface area contributed by atoms with Crippen LogP contribution in [0.2, 0.25) is 0 Å². The monoisotopic (exact) mass is 362 g/mol. The van der Waals surface area contributed by atoms with E-state index in [1.54, 1.807) is 0 Å². The third-order valence-corrected chi connectivity index (χ3v) is 4.62. The summed E-state index contributed by atoms with van der Waals surface area (Å²) < 4.78 is 6.97. The number of halogens is 1. The van der Waals surface area contributed by atoms with Gasteiger partial charge in [0.25, 0.3) is 0 Å². The molecule has 1 aromatic carbocycles. The number of amides is 1. The Bertz CT molecular complexity index is 651. The van der Waals surface area contributed by atoms with Crippen LogP contribution in [0.15, 0.2) is 45.3 Å². The van der Waals surface area contributed by atoms with Gasteiger partial charge in [-0.3, -0.25) is 9.69 Å². The summed E-state index contributed by atoms with van der Waals surface area (Å²) in [5.74, 6) is 1.47. The number of carbonyl (C=O) groups is 1. The van der Waals surface area contributed by atoms with Crippen LogP contribution in [0.3, 0.4) is 0 Å². The lowest BCUT2D eigenvalue weighted by atomic mass is 10.0. The first-order valence-electron chi connectivity index (χ1n) is 7.51. The van der Waals surface area contributed by atoms with E-state index in [1.807, 2.05) is 36.4 Å². The summed E-state index contributed by atoms with van der Waals surface area (Å²) in [5.41, 5.74) is 6.55. The lowest BCUT2D eigenvalue weighted by Crippen LogP contribution is -2.47.